The molecule has 1 N–H and O–H groups in total. The predicted molar refractivity (Wildman–Crippen MR) is 153 cm³/mol. The number of piperidine rings is 2. The maximum absolute atomic E-state index is 13.6. The molecule has 4 aromatic rings. The Morgan fingerprint density at radius 2 is 1.36 bits per heavy atom. The zero-order valence-corrected chi connectivity index (χ0v) is 22.0. The van der Waals surface area contributed by atoms with E-state index in [1.165, 1.54) is 22.3 Å². The number of benzene rings is 4. The molecule has 2 atom stereocenters. The highest BCUT2D eigenvalue weighted by molar-refractivity contribution is 5.79. The van der Waals surface area contributed by atoms with Gasteiger partial charge in [-0.3, -0.25) is 0 Å². The fourth-order valence-electron chi connectivity index (χ4n) is 7.25. The van der Waals surface area contributed by atoms with Gasteiger partial charge in [-0.1, -0.05) is 97.1 Å². The Bertz CT molecular complexity index is 1450. The van der Waals surface area contributed by atoms with E-state index in [1.54, 1.807) is 0 Å². The number of carbonyl (C=O) groups is 1. The van der Waals surface area contributed by atoms with Crippen LogP contribution in [0, 0.1) is 0 Å². The second-order valence-corrected chi connectivity index (χ2v) is 11.3. The maximum Gasteiger partial charge on any atom is 0.410 e. The summed E-state index contributed by atoms with van der Waals surface area (Å²) in [4.78, 5) is 15.6. The molecular formula is C35H33NO3. The summed E-state index contributed by atoms with van der Waals surface area (Å²) < 4.78 is 6.07. The van der Waals surface area contributed by atoms with Gasteiger partial charge in [0.2, 0.25) is 0 Å². The van der Waals surface area contributed by atoms with Crippen LogP contribution in [0.15, 0.2) is 103 Å². The van der Waals surface area contributed by atoms with Gasteiger partial charge in [0.05, 0.1) is 5.60 Å². The van der Waals surface area contributed by atoms with Gasteiger partial charge in [0.25, 0.3) is 0 Å². The fraction of sp³-hybridized carbons (Fsp3) is 0.286. The zero-order valence-electron chi connectivity index (χ0n) is 22.0. The Hall–Kier alpha value is -3.89. The fourth-order valence-corrected chi connectivity index (χ4v) is 7.25. The van der Waals surface area contributed by atoms with Gasteiger partial charge in [0.15, 0.2) is 0 Å². The Kier molecular flexibility index (Phi) is 6.01. The third-order valence-corrected chi connectivity index (χ3v) is 9.06. The van der Waals surface area contributed by atoms with Crippen LogP contribution in [-0.2, 0) is 10.3 Å². The summed E-state index contributed by atoms with van der Waals surface area (Å²) in [5, 5.41) is 12.0. The van der Waals surface area contributed by atoms with Crippen molar-refractivity contribution in [3.05, 3.63) is 120 Å². The van der Waals surface area contributed by atoms with Gasteiger partial charge in [-0.15, -0.1) is 0 Å². The normalized spacial score (nSPS) is 23.7. The summed E-state index contributed by atoms with van der Waals surface area (Å²) >= 11 is 0. The maximum atomic E-state index is 13.6. The molecule has 2 unspecified atom stereocenters. The van der Waals surface area contributed by atoms with Crippen molar-refractivity contribution in [1.29, 1.82) is 0 Å². The third kappa shape index (κ3) is 4.24. The first-order valence-electron chi connectivity index (χ1n) is 14.1. The number of carbonyl (C=O) groups excluding carboxylic acids is 1. The molecular weight excluding hydrogens is 482 g/mol. The molecule has 0 radical (unpaired) electrons. The van der Waals surface area contributed by atoms with E-state index in [0.29, 0.717) is 19.4 Å². The summed E-state index contributed by atoms with van der Waals surface area (Å²) in [5.74, 6) is 0.0450. The Labute approximate surface area is 229 Å². The highest BCUT2D eigenvalue weighted by atomic mass is 16.6. The van der Waals surface area contributed by atoms with Gasteiger partial charge >= 0.3 is 6.09 Å². The Balaban J connectivity index is 1.10. The molecule has 2 fully saturated rings. The number of fused-ring (bicyclic) bond motifs is 5. The molecule has 4 heteroatoms. The molecule has 1 aliphatic carbocycles. The van der Waals surface area contributed by atoms with E-state index in [-0.39, 0.29) is 24.1 Å². The zero-order chi connectivity index (χ0) is 26.4. The lowest BCUT2D eigenvalue weighted by atomic mass is 9.72. The van der Waals surface area contributed by atoms with E-state index in [2.05, 4.69) is 72.8 Å². The van der Waals surface area contributed by atoms with E-state index < -0.39 is 5.60 Å². The largest absolute Gasteiger partial charge is 0.448 e. The average molecular weight is 516 g/mol. The van der Waals surface area contributed by atoms with E-state index in [1.807, 2.05) is 35.2 Å². The molecule has 2 heterocycles. The molecule has 7 rings (SSSR count). The van der Waals surface area contributed by atoms with Crippen LogP contribution in [0.3, 0.4) is 0 Å². The van der Waals surface area contributed by atoms with E-state index in [4.69, 9.17) is 4.74 Å². The van der Waals surface area contributed by atoms with Crippen molar-refractivity contribution in [2.45, 2.75) is 55.7 Å². The molecule has 4 nitrogen and oxygen atoms in total. The van der Waals surface area contributed by atoms with Crippen LogP contribution in [0.4, 0.5) is 4.79 Å². The molecule has 0 saturated carbocycles. The third-order valence-electron chi connectivity index (χ3n) is 9.06. The second-order valence-electron chi connectivity index (χ2n) is 11.3. The van der Waals surface area contributed by atoms with Gasteiger partial charge in [0, 0.05) is 30.8 Å². The van der Waals surface area contributed by atoms with Crippen molar-refractivity contribution < 1.29 is 14.6 Å². The van der Waals surface area contributed by atoms with Gasteiger partial charge < -0.3 is 14.7 Å². The van der Waals surface area contributed by atoms with E-state index >= 15 is 0 Å². The number of hydrogen-bond donors (Lipinski definition) is 1. The Morgan fingerprint density at radius 1 is 0.769 bits per heavy atom. The average Bonchev–Trinajstić information content (AvgIpc) is 3.29. The molecule has 2 bridgehead atoms. The van der Waals surface area contributed by atoms with E-state index in [0.717, 1.165) is 36.0 Å². The topological polar surface area (TPSA) is 49.8 Å². The number of nitrogens with zero attached hydrogens (tertiary/aromatic N) is 1. The van der Waals surface area contributed by atoms with E-state index in [9.17, 15) is 9.90 Å². The van der Waals surface area contributed by atoms with Crippen molar-refractivity contribution in [1.82, 2.24) is 4.90 Å². The number of amides is 1. The smallest absolute Gasteiger partial charge is 0.410 e. The number of rotatable bonds is 4. The minimum absolute atomic E-state index is 0.0291. The first-order valence-corrected chi connectivity index (χ1v) is 14.1. The number of aliphatic hydroxyl groups is 1. The molecule has 2 saturated heterocycles. The molecule has 0 spiro atoms. The molecule has 196 valence electrons. The summed E-state index contributed by atoms with van der Waals surface area (Å²) in [5.41, 5.74) is 7.12. The predicted octanol–water partition coefficient (Wildman–Crippen LogP) is 7.51. The van der Waals surface area contributed by atoms with Crippen LogP contribution >= 0.6 is 0 Å². The monoisotopic (exact) mass is 515 g/mol. The van der Waals surface area contributed by atoms with Crippen LogP contribution in [0.1, 0.15) is 54.7 Å². The van der Waals surface area contributed by atoms with Gasteiger partial charge in [-0.25, -0.2) is 4.79 Å². The van der Waals surface area contributed by atoms with Crippen LogP contribution in [-0.4, -0.2) is 34.8 Å². The summed E-state index contributed by atoms with van der Waals surface area (Å²) in [6.07, 6.45) is 3.68. The number of ether oxygens (including phenoxy) is 1. The quantitative estimate of drug-likeness (QED) is 0.306. The lowest BCUT2D eigenvalue weighted by Gasteiger charge is -2.51. The lowest BCUT2D eigenvalue weighted by Crippen LogP contribution is -2.59. The van der Waals surface area contributed by atoms with Gasteiger partial charge in [-0.2, -0.15) is 0 Å². The van der Waals surface area contributed by atoms with Crippen LogP contribution in [0.25, 0.3) is 22.3 Å². The first-order chi connectivity index (χ1) is 19.1. The second kappa shape index (κ2) is 9.69. The molecule has 3 aliphatic rings. The highest BCUT2D eigenvalue weighted by Gasteiger charge is 2.49. The van der Waals surface area contributed by atoms with Crippen molar-refractivity contribution in [3.8, 4) is 22.3 Å². The minimum Gasteiger partial charge on any atom is -0.448 e. The van der Waals surface area contributed by atoms with Crippen molar-refractivity contribution >= 4 is 6.09 Å². The van der Waals surface area contributed by atoms with Gasteiger partial charge in [0.1, 0.15) is 6.61 Å². The number of hydrogen-bond acceptors (Lipinski definition) is 3. The SMILES string of the molecule is O=C(OCC1c2ccccc2-c2ccccc21)N1C2CCCC1CC(O)(c1cccc(-c3ccccc3)c1)C2. The van der Waals surface area contributed by atoms with Crippen LogP contribution < -0.4 is 0 Å². The molecule has 0 aromatic heterocycles. The molecule has 1 amide bonds. The van der Waals surface area contributed by atoms with Crippen molar-refractivity contribution in [2.24, 2.45) is 0 Å². The minimum atomic E-state index is -0.958. The first kappa shape index (κ1) is 24.2. The Morgan fingerprint density at radius 3 is 2.03 bits per heavy atom. The summed E-state index contributed by atoms with van der Waals surface area (Å²) in [6.45, 7) is 0.326. The molecule has 2 aliphatic heterocycles. The van der Waals surface area contributed by atoms with Crippen molar-refractivity contribution in [2.75, 3.05) is 6.61 Å². The lowest BCUT2D eigenvalue weighted by molar-refractivity contribution is -0.0890. The summed E-state index contributed by atoms with van der Waals surface area (Å²) in [6, 6.07) is 35.3. The van der Waals surface area contributed by atoms with Crippen LogP contribution in [0.5, 0.6) is 0 Å². The molecule has 4 aromatic carbocycles. The standard InChI is InChI=1S/C35H33NO3/c37-34(39-23-33-31-18-6-4-16-29(31)30-17-5-7-19-32(30)33)36-27-14-9-15-28(36)22-35(38,21-27)26-13-8-12-25(20-26)24-10-2-1-3-11-24/h1-8,10-13,16-20,27-28,33,38H,9,14-15,21-23H2. The molecule has 39 heavy (non-hydrogen) atoms. The van der Waals surface area contributed by atoms with Gasteiger partial charge in [-0.05, 0) is 64.3 Å². The summed E-state index contributed by atoms with van der Waals surface area (Å²) in [7, 11) is 0. The highest BCUT2D eigenvalue weighted by Crippen LogP contribution is 2.47. The van der Waals surface area contributed by atoms with Crippen LogP contribution in [0.2, 0.25) is 0 Å². The van der Waals surface area contributed by atoms with Crippen molar-refractivity contribution in [3.63, 3.8) is 0 Å².